The Kier molecular flexibility index (Phi) is 15.7. The van der Waals surface area contributed by atoms with E-state index in [-0.39, 0.29) is 0 Å². The van der Waals surface area contributed by atoms with Crippen LogP contribution in [0.3, 0.4) is 0 Å². The summed E-state index contributed by atoms with van der Waals surface area (Å²) in [5.74, 6) is 0. The maximum Gasteiger partial charge on any atom is 0.169 e. The quantitative estimate of drug-likeness (QED) is 0.183. The molecule has 0 spiro atoms. The van der Waals surface area contributed by atoms with E-state index in [4.69, 9.17) is 0 Å². The number of rotatable bonds is 18. The summed E-state index contributed by atoms with van der Waals surface area (Å²) in [6, 6.07) is 7.22. The smallest absolute Gasteiger partial charge is 0.169 e. The summed E-state index contributed by atoms with van der Waals surface area (Å²) in [4.78, 5) is 0. The van der Waals surface area contributed by atoms with Crippen LogP contribution in [0, 0.1) is 0 Å². The van der Waals surface area contributed by atoms with E-state index in [2.05, 4.69) is 49.0 Å². The molecule has 0 radical (unpaired) electrons. The third kappa shape index (κ3) is 12.5. The SMILES string of the molecule is CCCCCCCCCCCC(CCCCCCCC)[n+]1ccccc1. The van der Waals surface area contributed by atoms with Crippen LogP contribution in [0.15, 0.2) is 30.6 Å². The minimum absolute atomic E-state index is 0.715. The van der Waals surface area contributed by atoms with Gasteiger partial charge in [0.15, 0.2) is 18.4 Å². The van der Waals surface area contributed by atoms with Gasteiger partial charge in [0.2, 0.25) is 0 Å². The van der Waals surface area contributed by atoms with Crippen LogP contribution < -0.4 is 4.57 Å². The number of unbranched alkanes of at least 4 members (excludes halogenated alkanes) is 13. The average molecular weight is 361 g/mol. The maximum absolute atomic E-state index is 2.47. The van der Waals surface area contributed by atoms with Gasteiger partial charge in [-0.25, -0.2) is 4.57 Å². The first kappa shape index (κ1) is 23.2. The summed E-state index contributed by atoms with van der Waals surface area (Å²) in [6.45, 7) is 4.60. The Morgan fingerprint density at radius 2 is 0.885 bits per heavy atom. The molecule has 1 aromatic rings. The second-order valence-corrected chi connectivity index (χ2v) is 8.15. The van der Waals surface area contributed by atoms with E-state index in [0.29, 0.717) is 6.04 Å². The fourth-order valence-corrected chi connectivity index (χ4v) is 3.95. The first-order valence-electron chi connectivity index (χ1n) is 11.8. The van der Waals surface area contributed by atoms with Crippen molar-refractivity contribution in [2.24, 2.45) is 0 Å². The predicted octanol–water partition coefficient (Wildman–Crippen LogP) is 8.19. The number of nitrogens with zero attached hydrogens (tertiary/aromatic N) is 1. The summed E-state index contributed by atoms with van der Waals surface area (Å²) in [7, 11) is 0. The summed E-state index contributed by atoms with van der Waals surface area (Å²) >= 11 is 0. The Labute approximate surface area is 164 Å². The molecule has 1 heterocycles. The van der Waals surface area contributed by atoms with E-state index in [1.54, 1.807) is 0 Å². The van der Waals surface area contributed by atoms with Crippen molar-refractivity contribution in [3.05, 3.63) is 30.6 Å². The van der Waals surface area contributed by atoms with Crippen LogP contribution in [0.25, 0.3) is 0 Å². The average Bonchev–Trinajstić information content (AvgIpc) is 2.68. The molecule has 0 fully saturated rings. The molecule has 0 saturated heterocycles. The van der Waals surface area contributed by atoms with Crippen molar-refractivity contribution in [2.75, 3.05) is 0 Å². The van der Waals surface area contributed by atoms with Crippen molar-refractivity contribution >= 4 is 0 Å². The zero-order chi connectivity index (χ0) is 18.7. The molecule has 1 atom stereocenters. The van der Waals surface area contributed by atoms with Crippen molar-refractivity contribution in [1.29, 1.82) is 0 Å². The van der Waals surface area contributed by atoms with Crippen molar-refractivity contribution in [3.8, 4) is 0 Å². The van der Waals surface area contributed by atoms with Crippen molar-refractivity contribution < 1.29 is 4.57 Å². The van der Waals surface area contributed by atoms with Gasteiger partial charge in [-0.05, 0) is 12.8 Å². The van der Waals surface area contributed by atoms with Gasteiger partial charge >= 0.3 is 0 Å². The number of pyridine rings is 1. The zero-order valence-electron chi connectivity index (χ0n) is 17.9. The molecule has 1 rings (SSSR count). The molecule has 1 unspecified atom stereocenters. The molecule has 0 amide bonds. The highest BCUT2D eigenvalue weighted by Crippen LogP contribution is 2.19. The number of hydrogen-bond donors (Lipinski definition) is 0. The largest absolute Gasteiger partial charge is 0.202 e. The lowest BCUT2D eigenvalue weighted by atomic mass is 9.99. The third-order valence-electron chi connectivity index (χ3n) is 5.69. The molecule has 26 heavy (non-hydrogen) atoms. The van der Waals surface area contributed by atoms with Crippen molar-refractivity contribution in [3.63, 3.8) is 0 Å². The fourth-order valence-electron chi connectivity index (χ4n) is 3.95. The van der Waals surface area contributed by atoms with Gasteiger partial charge in [-0.1, -0.05) is 103 Å². The van der Waals surface area contributed by atoms with Crippen LogP contribution in [0.1, 0.15) is 129 Å². The van der Waals surface area contributed by atoms with Crippen molar-refractivity contribution in [2.45, 2.75) is 129 Å². The molecular formula is C25H46N+. The Bertz CT molecular complexity index is 386. The van der Waals surface area contributed by atoms with Gasteiger partial charge in [0.1, 0.15) is 0 Å². The fraction of sp³-hybridized carbons (Fsp3) is 0.800. The molecule has 0 aliphatic rings. The highest BCUT2D eigenvalue weighted by atomic mass is 15.0. The molecule has 0 saturated carbocycles. The first-order valence-corrected chi connectivity index (χ1v) is 11.8. The summed E-state index contributed by atoms with van der Waals surface area (Å²) in [6.07, 6.45) is 28.5. The molecule has 1 nitrogen and oxygen atoms in total. The topological polar surface area (TPSA) is 3.88 Å². The Hall–Kier alpha value is -0.850. The Morgan fingerprint density at radius 3 is 1.31 bits per heavy atom. The van der Waals surface area contributed by atoms with Gasteiger partial charge in [0.25, 0.3) is 0 Å². The van der Waals surface area contributed by atoms with Gasteiger partial charge in [-0.15, -0.1) is 0 Å². The van der Waals surface area contributed by atoms with Gasteiger partial charge in [-0.2, -0.15) is 0 Å². The predicted molar refractivity (Wildman–Crippen MR) is 116 cm³/mol. The lowest BCUT2D eigenvalue weighted by molar-refractivity contribution is -0.724. The van der Waals surface area contributed by atoms with Crippen LogP contribution in [-0.4, -0.2) is 0 Å². The van der Waals surface area contributed by atoms with Gasteiger partial charge < -0.3 is 0 Å². The molecular weight excluding hydrogens is 314 g/mol. The van der Waals surface area contributed by atoms with E-state index >= 15 is 0 Å². The normalized spacial score (nSPS) is 12.4. The molecule has 0 aliphatic carbocycles. The highest BCUT2D eigenvalue weighted by Gasteiger charge is 2.16. The summed E-state index contributed by atoms with van der Waals surface area (Å²) in [5, 5.41) is 0. The standard InChI is InChI=1S/C25H46N/c1-3-5-7-9-11-12-13-15-18-22-25(26-23-19-16-20-24-26)21-17-14-10-8-6-4-2/h16,19-20,23-25H,3-15,17-18,21-22H2,1-2H3/q+1. The lowest BCUT2D eigenvalue weighted by Gasteiger charge is -2.12. The van der Waals surface area contributed by atoms with E-state index in [1.807, 2.05) is 0 Å². The van der Waals surface area contributed by atoms with E-state index in [1.165, 1.54) is 109 Å². The molecule has 0 aliphatic heterocycles. The lowest BCUT2D eigenvalue weighted by Crippen LogP contribution is -2.38. The zero-order valence-corrected chi connectivity index (χ0v) is 17.9. The monoisotopic (exact) mass is 360 g/mol. The highest BCUT2D eigenvalue weighted by molar-refractivity contribution is 4.84. The van der Waals surface area contributed by atoms with Crippen LogP contribution in [-0.2, 0) is 0 Å². The second kappa shape index (κ2) is 17.6. The van der Waals surface area contributed by atoms with Gasteiger partial charge in [-0.3, -0.25) is 0 Å². The van der Waals surface area contributed by atoms with Crippen LogP contribution in [0.4, 0.5) is 0 Å². The van der Waals surface area contributed by atoms with E-state index in [9.17, 15) is 0 Å². The minimum atomic E-state index is 0.715. The number of aromatic nitrogens is 1. The Balaban J connectivity index is 2.17. The number of hydrogen-bond acceptors (Lipinski definition) is 0. The maximum atomic E-state index is 2.47. The van der Waals surface area contributed by atoms with Gasteiger partial charge in [0, 0.05) is 25.0 Å². The molecule has 1 heteroatoms. The second-order valence-electron chi connectivity index (χ2n) is 8.15. The Morgan fingerprint density at radius 1 is 0.500 bits per heavy atom. The molecule has 1 aromatic heterocycles. The van der Waals surface area contributed by atoms with Crippen LogP contribution >= 0.6 is 0 Å². The molecule has 0 bridgehead atoms. The first-order chi connectivity index (χ1) is 12.9. The van der Waals surface area contributed by atoms with E-state index in [0.717, 1.165) is 0 Å². The summed E-state index contributed by atoms with van der Waals surface area (Å²) < 4.78 is 2.47. The molecule has 0 N–H and O–H groups in total. The summed E-state index contributed by atoms with van der Waals surface area (Å²) in [5.41, 5.74) is 0. The molecule has 150 valence electrons. The third-order valence-corrected chi connectivity index (χ3v) is 5.69. The minimum Gasteiger partial charge on any atom is -0.202 e. The van der Waals surface area contributed by atoms with Crippen LogP contribution in [0.2, 0.25) is 0 Å². The van der Waals surface area contributed by atoms with Gasteiger partial charge in [0.05, 0.1) is 0 Å². The van der Waals surface area contributed by atoms with Crippen molar-refractivity contribution in [1.82, 2.24) is 0 Å². The van der Waals surface area contributed by atoms with Crippen LogP contribution in [0.5, 0.6) is 0 Å². The van der Waals surface area contributed by atoms with E-state index < -0.39 is 0 Å². The molecule has 0 aromatic carbocycles.